The normalized spacial score (nSPS) is 10.8. The average molecular weight is 296 g/mol. The summed E-state index contributed by atoms with van der Waals surface area (Å²) in [7, 11) is 0. The zero-order valence-electron chi connectivity index (χ0n) is 9.43. The van der Waals surface area contributed by atoms with Gasteiger partial charge in [-0.2, -0.15) is 4.98 Å². The lowest BCUT2D eigenvalue weighted by atomic mass is 10.2. The highest BCUT2D eigenvalue weighted by Gasteiger charge is 2.18. The van der Waals surface area contributed by atoms with Gasteiger partial charge < -0.3 is 14.7 Å². The van der Waals surface area contributed by atoms with Crippen molar-refractivity contribution >= 4 is 28.9 Å². The van der Waals surface area contributed by atoms with Gasteiger partial charge in [0.15, 0.2) is 0 Å². The molecule has 2 N–H and O–H groups in total. The maximum absolute atomic E-state index is 6.09. The summed E-state index contributed by atoms with van der Waals surface area (Å²) < 4.78 is 10.1. The molecule has 2 heterocycles. The molecule has 0 unspecified atom stereocenters. The van der Waals surface area contributed by atoms with Crippen molar-refractivity contribution in [2.45, 2.75) is 0 Å². The van der Waals surface area contributed by atoms with Crippen LogP contribution in [0.15, 0.2) is 39.7 Å². The van der Waals surface area contributed by atoms with E-state index in [-0.39, 0.29) is 5.89 Å². The molecule has 0 bridgehead atoms. The molecule has 0 saturated carbocycles. The molecule has 0 aliphatic carbocycles. The van der Waals surface area contributed by atoms with Gasteiger partial charge in [-0.25, -0.2) is 0 Å². The van der Waals surface area contributed by atoms with Crippen LogP contribution in [0, 0.1) is 0 Å². The van der Waals surface area contributed by atoms with Gasteiger partial charge in [0.05, 0.1) is 33.1 Å². The van der Waals surface area contributed by atoms with Crippen LogP contribution in [-0.2, 0) is 0 Å². The lowest BCUT2D eigenvalue weighted by molar-refractivity contribution is 0.432. The number of anilines is 1. The molecule has 2 aromatic heterocycles. The van der Waals surface area contributed by atoms with Crippen molar-refractivity contribution in [2.24, 2.45) is 0 Å². The van der Waals surface area contributed by atoms with Crippen LogP contribution in [-0.4, -0.2) is 10.1 Å². The Morgan fingerprint density at radius 3 is 2.63 bits per heavy atom. The number of nitrogen functional groups attached to an aromatic ring is 1. The van der Waals surface area contributed by atoms with Crippen LogP contribution in [0.2, 0.25) is 10.0 Å². The zero-order valence-corrected chi connectivity index (χ0v) is 10.9. The molecule has 0 spiro atoms. The minimum Gasteiger partial charge on any atom is -0.472 e. The highest BCUT2D eigenvalue weighted by Crippen LogP contribution is 2.37. The highest BCUT2D eigenvalue weighted by molar-refractivity contribution is 6.37. The van der Waals surface area contributed by atoms with Gasteiger partial charge in [0, 0.05) is 0 Å². The van der Waals surface area contributed by atoms with Crippen LogP contribution in [0.25, 0.3) is 22.8 Å². The number of hydrogen-bond acceptors (Lipinski definition) is 5. The Balaban J connectivity index is 2.11. The molecule has 0 amide bonds. The first-order valence-corrected chi connectivity index (χ1v) is 6.02. The van der Waals surface area contributed by atoms with E-state index in [2.05, 4.69) is 10.1 Å². The summed E-state index contributed by atoms with van der Waals surface area (Å²) >= 11 is 12.0. The predicted octanol–water partition coefficient (Wildman–Crippen LogP) is 3.89. The summed E-state index contributed by atoms with van der Waals surface area (Å²) in [5.74, 6) is 0.598. The Bertz CT molecular complexity index is 723. The maximum atomic E-state index is 6.09. The Hall–Kier alpha value is -1.98. The topological polar surface area (TPSA) is 78.1 Å². The van der Waals surface area contributed by atoms with E-state index in [1.54, 1.807) is 18.2 Å². The summed E-state index contributed by atoms with van der Waals surface area (Å²) in [6.45, 7) is 0. The number of rotatable bonds is 2. The summed E-state index contributed by atoms with van der Waals surface area (Å²) in [6.07, 6.45) is 3.03. The Morgan fingerprint density at radius 2 is 1.89 bits per heavy atom. The van der Waals surface area contributed by atoms with E-state index in [0.29, 0.717) is 32.7 Å². The maximum Gasteiger partial charge on any atom is 0.261 e. The smallest absolute Gasteiger partial charge is 0.261 e. The van der Waals surface area contributed by atoms with Crippen LogP contribution in [0.4, 0.5) is 5.69 Å². The molecule has 0 aliphatic rings. The van der Waals surface area contributed by atoms with E-state index in [9.17, 15) is 0 Å². The van der Waals surface area contributed by atoms with Crippen molar-refractivity contribution < 1.29 is 8.94 Å². The third kappa shape index (κ3) is 2.07. The molecule has 0 atom stereocenters. The fourth-order valence-electron chi connectivity index (χ4n) is 1.62. The van der Waals surface area contributed by atoms with Gasteiger partial charge in [0.25, 0.3) is 5.89 Å². The van der Waals surface area contributed by atoms with Crippen molar-refractivity contribution in [3.8, 4) is 22.8 Å². The zero-order chi connectivity index (χ0) is 13.4. The van der Waals surface area contributed by atoms with Crippen molar-refractivity contribution in [3.05, 3.63) is 40.8 Å². The lowest BCUT2D eigenvalue weighted by Crippen LogP contribution is -1.92. The highest BCUT2D eigenvalue weighted by atomic mass is 35.5. The third-order valence-electron chi connectivity index (χ3n) is 2.56. The molecular weight excluding hydrogens is 289 g/mol. The summed E-state index contributed by atoms with van der Waals surface area (Å²) in [5.41, 5.74) is 7.31. The van der Waals surface area contributed by atoms with E-state index in [0.717, 1.165) is 0 Å². The van der Waals surface area contributed by atoms with Gasteiger partial charge >= 0.3 is 0 Å². The minimum absolute atomic E-state index is 0.209. The largest absolute Gasteiger partial charge is 0.472 e. The number of halogens is 2. The number of hydrogen-bond donors (Lipinski definition) is 1. The van der Waals surface area contributed by atoms with Gasteiger partial charge in [-0.1, -0.05) is 28.4 Å². The van der Waals surface area contributed by atoms with Crippen molar-refractivity contribution in [1.82, 2.24) is 10.1 Å². The van der Waals surface area contributed by atoms with E-state index in [1.165, 1.54) is 12.5 Å². The molecule has 7 heteroatoms. The summed E-state index contributed by atoms with van der Waals surface area (Å²) in [5, 5.41) is 4.61. The minimum atomic E-state index is 0.209. The molecular formula is C12H7Cl2N3O2. The van der Waals surface area contributed by atoms with Crippen LogP contribution >= 0.6 is 23.2 Å². The van der Waals surface area contributed by atoms with Gasteiger partial charge in [0.1, 0.15) is 6.26 Å². The second kappa shape index (κ2) is 4.60. The van der Waals surface area contributed by atoms with Crippen molar-refractivity contribution in [1.29, 1.82) is 0 Å². The molecule has 0 fully saturated rings. The van der Waals surface area contributed by atoms with Crippen LogP contribution in [0.1, 0.15) is 0 Å². The molecule has 0 aliphatic heterocycles. The van der Waals surface area contributed by atoms with Gasteiger partial charge in [-0.15, -0.1) is 0 Å². The fourth-order valence-corrected chi connectivity index (χ4v) is 2.02. The van der Waals surface area contributed by atoms with E-state index >= 15 is 0 Å². The first-order chi connectivity index (χ1) is 9.16. The molecule has 96 valence electrons. The Labute approximate surface area is 117 Å². The second-order valence-electron chi connectivity index (χ2n) is 3.75. The molecule has 3 aromatic rings. The van der Waals surface area contributed by atoms with E-state index in [4.69, 9.17) is 37.9 Å². The van der Waals surface area contributed by atoms with Gasteiger partial charge in [-0.3, -0.25) is 0 Å². The molecule has 0 radical (unpaired) electrons. The Kier molecular flexibility index (Phi) is 2.93. The average Bonchev–Trinajstić information content (AvgIpc) is 3.04. The first-order valence-electron chi connectivity index (χ1n) is 5.27. The predicted molar refractivity (Wildman–Crippen MR) is 71.9 cm³/mol. The van der Waals surface area contributed by atoms with Crippen LogP contribution < -0.4 is 5.73 Å². The number of nitrogens with two attached hydrogens (primary N) is 1. The van der Waals surface area contributed by atoms with Gasteiger partial charge in [0.2, 0.25) is 5.82 Å². The molecule has 3 rings (SSSR count). The number of benzene rings is 1. The molecule has 0 saturated heterocycles. The fraction of sp³-hybridized carbons (Fsp3) is 0. The second-order valence-corrected chi connectivity index (χ2v) is 4.57. The van der Waals surface area contributed by atoms with Crippen LogP contribution in [0.5, 0.6) is 0 Å². The third-order valence-corrected chi connectivity index (χ3v) is 3.21. The number of aromatic nitrogens is 2. The summed E-state index contributed by atoms with van der Waals surface area (Å²) in [6, 6.07) is 4.95. The van der Waals surface area contributed by atoms with Crippen molar-refractivity contribution in [2.75, 3.05) is 5.73 Å². The van der Waals surface area contributed by atoms with E-state index < -0.39 is 0 Å². The lowest BCUT2D eigenvalue weighted by Gasteiger charge is -2.04. The number of nitrogens with zero attached hydrogens (tertiary/aromatic N) is 2. The first kappa shape index (κ1) is 12.1. The summed E-state index contributed by atoms with van der Waals surface area (Å²) in [4.78, 5) is 4.22. The molecule has 1 aromatic carbocycles. The van der Waals surface area contributed by atoms with E-state index in [1.807, 2.05) is 0 Å². The number of furan rings is 1. The standard InChI is InChI=1S/C12H7Cl2N3O2/c13-7-1-2-8(14)10(15)9(7)12-16-11(17-19-12)6-3-4-18-5-6/h1-5H,15H2. The Morgan fingerprint density at radius 1 is 1.11 bits per heavy atom. The SMILES string of the molecule is Nc1c(Cl)ccc(Cl)c1-c1nc(-c2ccoc2)no1. The van der Waals surface area contributed by atoms with Crippen molar-refractivity contribution in [3.63, 3.8) is 0 Å². The van der Waals surface area contributed by atoms with Crippen LogP contribution in [0.3, 0.4) is 0 Å². The molecule has 5 nitrogen and oxygen atoms in total. The van der Waals surface area contributed by atoms with Gasteiger partial charge in [-0.05, 0) is 18.2 Å². The monoisotopic (exact) mass is 295 g/mol. The molecule has 19 heavy (non-hydrogen) atoms. The quantitative estimate of drug-likeness (QED) is 0.726.